The first kappa shape index (κ1) is 18.6. The van der Waals surface area contributed by atoms with Gasteiger partial charge in [-0.25, -0.2) is 4.98 Å². The Morgan fingerprint density at radius 2 is 1.69 bits per heavy atom. The summed E-state index contributed by atoms with van der Waals surface area (Å²) in [6.07, 6.45) is 0. The number of para-hydroxylation sites is 2. The molecule has 0 spiro atoms. The summed E-state index contributed by atoms with van der Waals surface area (Å²) in [6.45, 7) is 4.71. The normalized spacial score (nSPS) is 11.0. The minimum absolute atomic E-state index is 0.617. The lowest BCUT2D eigenvalue weighted by Gasteiger charge is -2.09. The summed E-state index contributed by atoms with van der Waals surface area (Å²) < 4.78 is 18.7. The monoisotopic (exact) mass is 372 g/mol. The lowest BCUT2D eigenvalue weighted by molar-refractivity contribution is 0.186. The molecule has 0 aliphatic heterocycles. The average Bonchev–Trinajstić information content (AvgIpc) is 3.02. The van der Waals surface area contributed by atoms with E-state index in [2.05, 4.69) is 10.6 Å². The van der Waals surface area contributed by atoms with Crippen LogP contribution >= 0.6 is 11.8 Å². The largest absolute Gasteiger partial charge is 0.494 e. The molecular weight excluding hydrogens is 348 g/mol. The van der Waals surface area contributed by atoms with Gasteiger partial charge >= 0.3 is 0 Å². The van der Waals surface area contributed by atoms with E-state index in [-0.39, 0.29) is 0 Å². The zero-order valence-electron chi connectivity index (χ0n) is 15.2. The van der Waals surface area contributed by atoms with Gasteiger partial charge < -0.3 is 18.8 Å². The van der Waals surface area contributed by atoms with Crippen LogP contribution in [0.5, 0.6) is 11.5 Å². The van der Waals surface area contributed by atoms with Gasteiger partial charge in [-0.15, -0.1) is 0 Å². The Bertz CT molecular complexity index is 818. The highest BCUT2D eigenvalue weighted by atomic mass is 32.2. The number of aromatic nitrogens is 2. The lowest BCUT2D eigenvalue weighted by atomic mass is 10.3. The van der Waals surface area contributed by atoms with Gasteiger partial charge in [0.2, 0.25) is 0 Å². The van der Waals surface area contributed by atoms with Gasteiger partial charge in [-0.2, -0.15) is 0 Å². The molecule has 0 saturated carbocycles. The van der Waals surface area contributed by atoms with Crippen molar-refractivity contribution in [3.8, 4) is 11.5 Å². The molecule has 138 valence electrons. The highest BCUT2D eigenvalue weighted by molar-refractivity contribution is 7.99. The second-order valence-electron chi connectivity index (χ2n) is 5.63. The summed E-state index contributed by atoms with van der Waals surface area (Å²) in [5.74, 6) is 2.53. The lowest BCUT2D eigenvalue weighted by Crippen LogP contribution is -2.07. The van der Waals surface area contributed by atoms with Gasteiger partial charge in [0.05, 0.1) is 30.9 Å². The van der Waals surface area contributed by atoms with Crippen LogP contribution in [0.4, 0.5) is 0 Å². The van der Waals surface area contributed by atoms with E-state index >= 15 is 0 Å². The third-order valence-electron chi connectivity index (χ3n) is 3.86. The number of methoxy groups -OCH3 is 1. The van der Waals surface area contributed by atoms with Crippen molar-refractivity contribution in [2.45, 2.75) is 18.6 Å². The Morgan fingerprint density at radius 3 is 2.42 bits per heavy atom. The van der Waals surface area contributed by atoms with Gasteiger partial charge in [0.1, 0.15) is 11.5 Å². The maximum atomic E-state index is 5.82. The molecule has 3 rings (SSSR count). The Kier molecular flexibility index (Phi) is 6.80. The molecular formula is C20H24N2O3S. The summed E-state index contributed by atoms with van der Waals surface area (Å²) in [5.41, 5.74) is 2.15. The molecule has 3 aromatic rings. The van der Waals surface area contributed by atoms with Crippen LogP contribution in [-0.4, -0.2) is 42.2 Å². The van der Waals surface area contributed by atoms with Crippen molar-refractivity contribution in [1.82, 2.24) is 9.55 Å². The summed E-state index contributed by atoms with van der Waals surface area (Å²) in [4.78, 5) is 4.74. The fourth-order valence-electron chi connectivity index (χ4n) is 2.65. The highest BCUT2D eigenvalue weighted by Gasteiger charge is 2.10. The predicted octanol–water partition coefficient (Wildman–Crippen LogP) is 4.25. The molecule has 5 nitrogen and oxygen atoms in total. The summed E-state index contributed by atoms with van der Waals surface area (Å²) >= 11 is 1.70. The Labute approximate surface area is 158 Å². The number of fused-ring (bicyclic) bond motifs is 1. The maximum Gasteiger partial charge on any atom is 0.169 e. The van der Waals surface area contributed by atoms with Crippen molar-refractivity contribution in [2.24, 2.45) is 0 Å². The average molecular weight is 372 g/mol. The van der Waals surface area contributed by atoms with Crippen LogP contribution in [0, 0.1) is 0 Å². The topological polar surface area (TPSA) is 45.5 Å². The maximum absolute atomic E-state index is 5.82. The molecule has 2 aromatic carbocycles. The number of nitrogens with zero attached hydrogens (tertiary/aromatic N) is 2. The fraction of sp³-hybridized carbons (Fsp3) is 0.350. The van der Waals surface area contributed by atoms with E-state index in [1.54, 1.807) is 18.9 Å². The molecule has 0 N–H and O–H groups in total. The minimum Gasteiger partial charge on any atom is -0.494 e. The van der Waals surface area contributed by atoms with E-state index in [0.29, 0.717) is 19.8 Å². The van der Waals surface area contributed by atoms with Crippen molar-refractivity contribution in [1.29, 1.82) is 0 Å². The van der Waals surface area contributed by atoms with Crippen LogP contribution in [0.15, 0.2) is 53.7 Å². The second-order valence-corrected chi connectivity index (χ2v) is 6.69. The quantitative estimate of drug-likeness (QED) is 0.393. The molecule has 0 amide bonds. The second kappa shape index (κ2) is 9.50. The van der Waals surface area contributed by atoms with Crippen molar-refractivity contribution in [3.05, 3.63) is 48.5 Å². The number of ether oxygens (including phenoxy) is 3. The van der Waals surface area contributed by atoms with Gasteiger partial charge in [-0.3, -0.25) is 0 Å². The van der Waals surface area contributed by atoms with E-state index in [1.807, 2.05) is 49.4 Å². The molecule has 0 atom stereocenters. The molecule has 0 aliphatic rings. The Morgan fingerprint density at radius 1 is 0.962 bits per heavy atom. The van der Waals surface area contributed by atoms with E-state index in [1.165, 1.54) is 0 Å². The third kappa shape index (κ3) is 4.71. The molecule has 0 radical (unpaired) electrons. The summed E-state index contributed by atoms with van der Waals surface area (Å²) in [5, 5.41) is 0.999. The molecule has 0 bridgehead atoms. The SMILES string of the molecule is CCOc1ccc(OCCSc2nc3ccccc3n2CCOC)cc1. The Balaban J connectivity index is 1.57. The van der Waals surface area contributed by atoms with Gasteiger partial charge in [0.25, 0.3) is 0 Å². The number of hydrogen-bond donors (Lipinski definition) is 0. The first-order valence-electron chi connectivity index (χ1n) is 8.74. The Hall–Kier alpha value is -2.18. The predicted molar refractivity (Wildman–Crippen MR) is 105 cm³/mol. The molecule has 0 fully saturated rings. The highest BCUT2D eigenvalue weighted by Crippen LogP contribution is 2.24. The standard InChI is InChI=1S/C20H24N2O3S/c1-3-24-16-8-10-17(11-9-16)25-14-15-26-20-21-18-6-4-5-7-19(18)22(20)12-13-23-2/h4-11H,3,12-15H2,1-2H3. The van der Waals surface area contributed by atoms with E-state index in [9.17, 15) is 0 Å². The van der Waals surface area contributed by atoms with Crippen LogP contribution < -0.4 is 9.47 Å². The van der Waals surface area contributed by atoms with E-state index < -0.39 is 0 Å². The third-order valence-corrected chi connectivity index (χ3v) is 4.80. The molecule has 0 unspecified atom stereocenters. The number of hydrogen-bond acceptors (Lipinski definition) is 5. The van der Waals surface area contributed by atoms with Gasteiger partial charge in [0.15, 0.2) is 5.16 Å². The van der Waals surface area contributed by atoms with Crippen LogP contribution in [0.1, 0.15) is 6.92 Å². The van der Waals surface area contributed by atoms with Crippen LogP contribution in [0.2, 0.25) is 0 Å². The van der Waals surface area contributed by atoms with Gasteiger partial charge in [-0.1, -0.05) is 23.9 Å². The fourth-order valence-corrected chi connectivity index (χ4v) is 3.51. The van der Waals surface area contributed by atoms with Crippen molar-refractivity contribution in [2.75, 3.05) is 32.7 Å². The van der Waals surface area contributed by atoms with Crippen molar-refractivity contribution < 1.29 is 14.2 Å². The zero-order chi connectivity index (χ0) is 18.2. The van der Waals surface area contributed by atoms with Crippen molar-refractivity contribution in [3.63, 3.8) is 0 Å². The number of rotatable bonds is 10. The number of thioether (sulfide) groups is 1. The van der Waals surface area contributed by atoms with Crippen LogP contribution in [-0.2, 0) is 11.3 Å². The van der Waals surface area contributed by atoms with Gasteiger partial charge in [-0.05, 0) is 43.3 Å². The molecule has 1 heterocycles. The van der Waals surface area contributed by atoms with Crippen LogP contribution in [0.3, 0.4) is 0 Å². The molecule has 0 aliphatic carbocycles. The van der Waals surface area contributed by atoms with Gasteiger partial charge in [0, 0.05) is 19.4 Å². The summed E-state index contributed by atoms with van der Waals surface area (Å²) in [6, 6.07) is 15.9. The first-order chi connectivity index (χ1) is 12.8. The van der Waals surface area contributed by atoms with E-state index in [0.717, 1.165) is 40.0 Å². The van der Waals surface area contributed by atoms with Crippen molar-refractivity contribution >= 4 is 22.8 Å². The minimum atomic E-state index is 0.617. The van der Waals surface area contributed by atoms with E-state index in [4.69, 9.17) is 19.2 Å². The smallest absolute Gasteiger partial charge is 0.169 e. The zero-order valence-corrected chi connectivity index (χ0v) is 16.0. The molecule has 0 saturated heterocycles. The molecule has 1 aromatic heterocycles. The van der Waals surface area contributed by atoms with Crippen LogP contribution in [0.25, 0.3) is 11.0 Å². The molecule has 6 heteroatoms. The summed E-state index contributed by atoms with van der Waals surface area (Å²) in [7, 11) is 1.72. The number of imidazole rings is 1. The molecule has 26 heavy (non-hydrogen) atoms. The number of benzene rings is 2. The first-order valence-corrected chi connectivity index (χ1v) is 9.73.